The number of rotatable bonds is 7. The molecular weight excluding hydrogens is 312 g/mol. The molecule has 1 fully saturated rings. The van der Waals surface area contributed by atoms with E-state index in [-0.39, 0.29) is 17.7 Å². The molecule has 3 rings (SSSR count). The zero-order valence-electron chi connectivity index (χ0n) is 14.5. The third-order valence-corrected chi connectivity index (χ3v) is 4.79. The summed E-state index contributed by atoms with van der Waals surface area (Å²) >= 11 is 0. The van der Waals surface area contributed by atoms with Gasteiger partial charge in [0.2, 0.25) is 5.91 Å². The van der Waals surface area contributed by atoms with Crippen molar-refractivity contribution in [3.05, 3.63) is 65.7 Å². The minimum Gasteiger partial charge on any atom is -0.508 e. The fraction of sp³-hybridized carbons (Fsp3) is 0.381. The standard InChI is InChI=1S/C21H26N2O2/c24-20-11-5-4-10-18(20)12-13-21(25)22-19(16-23-14-6-7-15-23)17-8-2-1-3-9-17/h1-5,8-11,19,24H,6-7,12-16H2,(H,22,25). The van der Waals surface area contributed by atoms with Crippen LogP contribution in [-0.4, -0.2) is 35.5 Å². The maximum absolute atomic E-state index is 12.5. The fourth-order valence-electron chi connectivity index (χ4n) is 3.38. The van der Waals surface area contributed by atoms with E-state index in [1.165, 1.54) is 12.8 Å². The van der Waals surface area contributed by atoms with Crippen molar-refractivity contribution in [2.24, 2.45) is 0 Å². The van der Waals surface area contributed by atoms with Gasteiger partial charge in [0.25, 0.3) is 0 Å². The van der Waals surface area contributed by atoms with E-state index in [9.17, 15) is 9.90 Å². The largest absolute Gasteiger partial charge is 0.508 e. The molecule has 2 N–H and O–H groups in total. The van der Waals surface area contributed by atoms with Crippen LogP contribution in [0.15, 0.2) is 54.6 Å². The highest BCUT2D eigenvalue weighted by atomic mass is 16.3. The molecule has 1 atom stereocenters. The Morgan fingerprint density at radius 1 is 1.04 bits per heavy atom. The highest BCUT2D eigenvalue weighted by Crippen LogP contribution is 2.19. The lowest BCUT2D eigenvalue weighted by Gasteiger charge is -2.25. The number of phenolic OH excluding ortho intramolecular Hbond substituents is 1. The molecule has 0 spiro atoms. The minimum absolute atomic E-state index is 0.0103. The van der Waals surface area contributed by atoms with Crippen molar-refractivity contribution < 1.29 is 9.90 Å². The maximum Gasteiger partial charge on any atom is 0.220 e. The predicted octanol–water partition coefficient (Wildman–Crippen LogP) is 3.28. The summed E-state index contributed by atoms with van der Waals surface area (Å²) in [5.74, 6) is 0.281. The van der Waals surface area contributed by atoms with Crippen LogP contribution in [0.2, 0.25) is 0 Å². The molecule has 1 unspecified atom stereocenters. The van der Waals surface area contributed by atoms with Crippen molar-refractivity contribution in [2.45, 2.75) is 31.7 Å². The molecule has 1 aliphatic rings. The second-order valence-electron chi connectivity index (χ2n) is 6.67. The zero-order valence-corrected chi connectivity index (χ0v) is 14.5. The number of benzene rings is 2. The Labute approximate surface area is 149 Å². The van der Waals surface area contributed by atoms with Gasteiger partial charge < -0.3 is 15.3 Å². The molecule has 0 radical (unpaired) electrons. The van der Waals surface area contributed by atoms with Gasteiger partial charge in [0, 0.05) is 13.0 Å². The van der Waals surface area contributed by atoms with Crippen LogP contribution in [0.25, 0.3) is 0 Å². The van der Waals surface area contributed by atoms with E-state index in [2.05, 4.69) is 22.3 Å². The number of likely N-dealkylation sites (tertiary alicyclic amines) is 1. The molecule has 2 aromatic carbocycles. The Morgan fingerprint density at radius 3 is 2.44 bits per heavy atom. The summed E-state index contributed by atoms with van der Waals surface area (Å²) in [4.78, 5) is 14.9. The monoisotopic (exact) mass is 338 g/mol. The SMILES string of the molecule is O=C(CCc1ccccc1O)NC(CN1CCCC1)c1ccccc1. The highest BCUT2D eigenvalue weighted by molar-refractivity contribution is 5.76. The van der Waals surface area contributed by atoms with Crippen LogP contribution < -0.4 is 5.32 Å². The Hall–Kier alpha value is -2.33. The average molecular weight is 338 g/mol. The van der Waals surface area contributed by atoms with E-state index in [0.29, 0.717) is 12.8 Å². The van der Waals surface area contributed by atoms with E-state index in [1.807, 2.05) is 30.3 Å². The van der Waals surface area contributed by atoms with Crippen molar-refractivity contribution >= 4 is 5.91 Å². The van der Waals surface area contributed by atoms with Crippen molar-refractivity contribution in [1.29, 1.82) is 0 Å². The number of hydrogen-bond acceptors (Lipinski definition) is 3. The van der Waals surface area contributed by atoms with E-state index in [1.54, 1.807) is 12.1 Å². The third-order valence-electron chi connectivity index (χ3n) is 4.79. The topological polar surface area (TPSA) is 52.6 Å². The number of aromatic hydroxyl groups is 1. The van der Waals surface area contributed by atoms with E-state index in [0.717, 1.165) is 30.8 Å². The van der Waals surface area contributed by atoms with Crippen molar-refractivity contribution in [2.75, 3.05) is 19.6 Å². The quantitative estimate of drug-likeness (QED) is 0.815. The molecule has 4 heteroatoms. The number of amides is 1. The second kappa shape index (κ2) is 8.67. The highest BCUT2D eigenvalue weighted by Gasteiger charge is 2.20. The normalized spacial score (nSPS) is 15.8. The maximum atomic E-state index is 12.5. The zero-order chi connectivity index (χ0) is 17.5. The molecule has 0 aromatic heterocycles. The molecule has 1 aliphatic heterocycles. The van der Waals surface area contributed by atoms with Crippen molar-refractivity contribution in [3.8, 4) is 5.75 Å². The number of hydrogen-bond donors (Lipinski definition) is 2. The number of para-hydroxylation sites is 1. The lowest BCUT2D eigenvalue weighted by Crippen LogP contribution is -2.37. The molecular formula is C21H26N2O2. The van der Waals surface area contributed by atoms with E-state index >= 15 is 0 Å². The van der Waals surface area contributed by atoms with Gasteiger partial charge in [0.05, 0.1) is 6.04 Å². The molecule has 2 aromatic rings. The van der Waals surface area contributed by atoms with E-state index in [4.69, 9.17) is 0 Å². The summed E-state index contributed by atoms with van der Waals surface area (Å²) in [5.41, 5.74) is 1.96. The summed E-state index contributed by atoms with van der Waals surface area (Å²) < 4.78 is 0. The lowest BCUT2D eigenvalue weighted by molar-refractivity contribution is -0.121. The number of nitrogens with zero attached hydrogens (tertiary/aromatic N) is 1. The molecule has 25 heavy (non-hydrogen) atoms. The fourth-order valence-corrected chi connectivity index (χ4v) is 3.38. The van der Waals surface area contributed by atoms with Gasteiger partial charge in [0.1, 0.15) is 5.75 Å². The van der Waals surface area contributed by atoms with Crippen LogP contribution in [0.5, 0.6) is 5.75 Å². The number of carbonyl (C=O) groups excluding carboxylic acids is 1. The molecule has 132 valence electrons. The number of carbonyl (C=O) groups is 1. The summed E-state index contributed by atoms with van der Waals surface area (Å²) in [6.07, 6.45) is 3.40. The van der Waals surface area contributed by atoms with Crippen LogP contribution in [0.4, 0.5) is 0 Å². The average Bonchev–Trinajstić information content (AvgIpc) is 3.14. The number of aryl methyl sites for hydroxylation is 1. The first-order chi connectivity index (χ1) is 12.2. The molecule has 4 nitrogen and oxygen atoms in total. The number of nitrogens with one attached hydrogen (secondary N) is 1. The van der Waals surface area contributed by atoms with Gasteiger partial charge >= 0.3 is 0 Å². The van der Waals surface area contributed by atoms with Crippen LogP contribution in [0.1, 0.15) is 36.4 Å². The first-order valence-electron chi connectivity index (χ1n) is 9.06. The molecule has 1 heterocycles. The first kappa shape index (κ1) is 17.5. The Bertz CT molecular complexity index is 681. The van der Waals surface area contributed by atoms with Gasteiger partial charge in [0.15, 0.2) is 0 Å². The predicted molar refractivity (Wildman–Crippen MR) is 99.4 cm³/mol. The molecule has 0 aliphatic carbocycles. The molecule has 0 saturated carbocycles. The van der Waals surface area contributed by atoms with Crippen LogP contribution in [-0.2, 0) is 11.2 Å². The second-order valence-corrected chi connectivity index (χ2v) is 6.67. The van der Waals surface area contributed by atoms with Gasteiger partial charge in [-0.05, 0) is 49.5 Å². The summed E-state index contributed by atoms with van der Waals surface area (Å²) in [7, 11) is 0. The summed E-state index contributed by atoms with van der Waals surface area (Å²) in [6, 6.07) is 17.4. The van der Waals surface area contributed by atoms with Gasteiger partial charge in [-0.1, -0.05) is 48.5 Å². The summed E-state index contributed by atoms with van der Waals surface area (Å²) in [6.45, 7) is 3.07. The number of phenols is 1. The smallest absolute Gasteiger partial charge is 0.220 e. The Balaban J connectivity index is 1.60. The van der Waals surface area contributed by atoms with E-state index < -0.39 is 0 Å². The minimum atomic E-state index is 0.0103. The first-order valence-corrected chi connectivity index (χ1v) is 9.06. The third kappa shape index (κ3) is 5.07. The van der Waals surface area contributed by atoms with Gasteiger partial charge in [-0.3, -0.25) is 4.79 Å². The van der Waals surface area contributed by atoms with Gasteiger partial charge in [-0.2, -0.15) is 0 Å². The van der Waals surface area contributed by atoms with Crippen LogP contribution >= 0.6 is 0 Å². The van der Waals surface area contributed by atoms with Crippen molar-refractivity contribution in [3.63, 3.8) is 0 Å². The van der Waals surface area contributed by atoms with Gasteiger partial charge in [-0.15, -0.1) is 0 Å². The Kier molecular flexibility index (Phi) is 6.07. The molecule has 0 bridgehead atoms. The van der Waals surface area contributed by atoms with Crippen molar-refractivity contribution in [1.82, 2.24) is 10.2 Å². The summed E-state index contributed by atoms with van der Waals surface area (Å²) in [5, 5.41) is 13.0. The van der Waals surface area contributed by atoms with Crippen LogP contribution in [0, 0.1) is 0 Å². The van der Waals surface area contributed by atoms with Gasteiger partial charge in [-0.25, -0.2) is 0 Å². The van der Waals surface area contributed by atoms with Crippen LogP contribution in [0.3, 0.4) is 0 Å². The molecule has 1 saturated heterocycles. The molecule has 1 amide bonds. The Morgan fingerprint density at radius 2 is 1.72 bits per heavy atom. The lowest BCUT2D eigenvalue weighted by atomic mass is 10.0.